The molecule has 0 saturated carbocycles. The summed E-state index contributed by atoms with van der Waals surface area (Å²) in [4.78, 5) is 29.5. The van der Waals surface area contributed by atoms with Crippen molar-refractivity contribution in [2.24, 2.45) is 0 Å². The van der Waals surface area contributed by atoms with Gasteiger partial charge in [-0.1, -0.05) is 30.3 Å². The number of hydrogen-bond acceptors (Lipinski definition) is 7. The summed E-state index contributed by atoms with van der Waals surface area (Å²) in [6.07, 6.45) is 3.41. The second-order valence-corrected chi connectivity index (χ2v) is 7.50. The number of thioether (sulfide) groups is 1. The van der Waals surface area contributed by atoms with E-state index < -0.39 is 0 Å². The molecule has 0 unspecified atom stereocenters. The number of halogens is 1. The first kappa shape index (κ1) is 19.9. The van der Waals surface area contributed by atoms with Crippen LogP contribution >= 0.6 is 23.4 Å². The van der Waals surface area contributed by atoms with Crippen LogP contribution in [0, 0.1) is 0 Å². The zero-order valence-corrected chi connectivity index (χ0v) is 16.8. The fraction of sp³-hybridized carbons (Fsp3) is 0.444. The topological polar surface area (TPSA) is 74.2 Å². The fourth-order valence-electron chi connectivity index (χ4n) is 2.79. The summed E-state index contributed by atoms with van der Waals surface area (Å²) < 4.78 is 0. The van der Waals surface area contributed by atoms with Gasteiger partial charge in [-0.3, -0.25) is 9.78 Å². The number of likely N-dealkylation sites (N-methyl/N-ethyl adjacent to an activating group) is 1. The van der Waals surface area contributed by atoms with Crippen molar-refractivity contribution in [3.05, 3.63) is 41.3 Å². The van der Waals surface area contributed by atoms with E-state index in [0.717, 1.165) is 44.1 Å². The Labute approximate surface area is 168 Å². The lowest BCUT2D eigenvalue weighted by molar-refractivity contribution is -0.118. The van der Waals surface area contributed by atoms with Crippen LogP contribution in [0.4, 0.5) is 5.82 Å². The summed E-state index contributed by atoms with van der Waals surface area (Å²) in [5.74, 6) is 0.998. The van der Waals surface area contributed by atoms with E-state index in [9.17, 15) is 4.79 Å². The average Bonchev–Trinajstić information content (AvgIpc) is 2.71. The van der Waals surface area contributed by atoms with Gasteiger partial charge in [0.05, 0.1) is 5.75 Å². The Kier molecular flexibility index (Phi) is 7.25. The van der Waals surface area contributed by atoms with Gasteiger partial charge in [-0.15, -0.1) is 0 Å². The predicted molar refractivity (Wildman–Crippen MR) is 108 cm³/mol. The van der Waals surface area contributed by atoms with Crippen LogP contribution in [0.1, 0.15) is 12.5 Å². The Morgan fingerprint density at radius 2 is 1.96 bits per heavy atom. The van der Waals surface area contributed by atoms with E-state index in [2.05, 4.69) is 37.0 Å². The third kappa shape index (κ3) is 6.05. The molecule has 1 amide bonds. The van der Waals surface area contributed by atoms with Crippen molar-refractivity contribution in [3.63, 3.8) is 0 Å². The lowest BCUT2D eigenvalue weighted by Gasteiger charge is -2.34. The Balaban J connectivity index is 1.52. The summed E-state index contributed by atoms with van der Waals surface area (Å²) in [6.45, 7) is 7.57. The normalized spacial score (nSPS) is 15.0. The number of nitrogens with zero attached hydrogens (tertiary/aromatic N) is 5. The van der Waals surface area contributed by atoms with Gasteiger partial charge in [0.1, 0.15) is 11.0 Å². The maximum absolute atomic E-state index is 12.1. The highest BCUT2D eigenvalue weighted by Crippen LogP contribution is 2.22. The first-order chi connectivity index (χ1) is 13.1. The molecule has 27 heavy (non-hydrogen) atoms. The maximum Gasteiger partial charge on any atom is 0.230 e. The van der Waals surface area contributed by atoms with Crippen molar-refractivity contribution < 1.29 is 4.79 Å². The van der Waals surface area contributed by atoms with Crippen molar-refractivity contribution in [2.75, 3.05) is 43.4 Å². The van der Waals surface area contributed by atoms with Gasteiger partial charge in [0.2, 0.25) is 5.91 Å². The second kappa shape index (κ2) is 9.87. The first-order valence-corrected chi connectivity index (χ1v) is 10.3. The van der Waals surface area contributed by atoms with Crippen molar-refractivity contribution in [3.8, 4) is 0 Å². The number of hydrogen-bond donors (Lipinski definition) is 1. The van der Waals surface area contributed by atoms with Crippen LogP contribution in [0.2, 0.25) is 5.15 Å². The molecule has 144 valence electrons. The minimum atomic E-state index is -0.0708. The molecule has 0 atom stereocenters. The lowest BCUT2D eigenvalue weighted by Crippen LogP contribution is -2.46. The molecule has 1 saturated heterocycles. The molecule has 2 aromatic rings. The van der Waals surface area contributed by atoms with E-state index in [4.69, 9.17) is 11.6 Å². The fourth-order valence-corrected chi connectivity index (χ4v) is 3.70. The zero-order chi connectivity index (χ0) is 19.1. The third-order valence-electron chi connectivity index (χ3n) is 4.38. The van der Waals surface area contributed by atoms with E-state index >= 15 is 0 Å². The third-order valence-corrected chi connectivity index (χ3v) is 5.42. The van der Waals surface area contributed by atoms with Crippen molar-refractivity contribution >= 4 is 35.1 Å². The summed E-state index contributed by atoms with van der Waals surface area (Å²) in [5, 5.41) is 3.80. The first-order valence-electron chi connectivity index (χ1n) is 8.94. The quantitative estimate of drug-likeness (QED) is 0.428. The second-order valence-electron chi connectivity index (χ2n) is 6.17. The molecular weight excluding hydrogens is 384 g/mol. The van der Waals surface area contributed by atoms with Crippen LogP contribution < -0.4 is 10.2 Å². The predicted octanol–water partition coefficient (Wildman–Crippen LogP) is 2.08. The van der Waals surface area contributed by atoms with Gasteiger partial charge in [0, 0.05) is 51.2 Å². The maximum atomic E-state index is 12.1. The number of anilines is 1. The number of carbonyl (C=O) groups excluding carboxylic acids is 1. The van der Waals surface area contributed by atoms with Gasteiger partial charge in [0.25, 0.3) is 0 Å². The van der Waals surface area contributed by atoms with Gasteiger partial charge in [0.15, 0.2) is 5.16 Å². The number of nitrogens with one attached hydrogen (secondary N) is 1. The highest BCUT2D eigenvalue weighted by Gasteiger charge is 2.18. The average molecular weight is 407 g/mol. The van der Waals surface area contributed by atoms with Crippen LogP contribution in [0.3, 0.4) is 0 Å². The van der Waals surface area contributed by atoms with E-state index in [0.29, 0.717) is 16.9 Å². The van der Waals surface area contributed by atoms with Gasteiger partial charge < -0.3 is 15.1 Å². The van der Waals surface area contributed by atoms with Crippen LogP contribution in [0.5, 0.6) is 0 Å². The summed E-state index contributed by atoms with van der Waals surface area (Å²) in [7, 11) is 0. The molecule has 0 spiro atoms. The molecule has 3 rings (SSSR count). The zero-order valence-electron chi connectivity index (χ0n) is 15.3. The number of rotatable bonds is 7. The number of aromatic nitrogens is 3. The lowest BCUT2D eigenvalue weighted by atomic mass is 10.3. The SMILES string of the molecule is CCN1CCN(c2cc(Cl)nc(SCC(=O)NCc3ccncc3)n2)CC1. The summed E-state index contributed by atoms with van der Waals surface area (Å²) in [5.41, 5.74) is 1.01. The highest BCUT2D eigenvalue weighted by molar-refractivity contribution is 7.99. The monoisotopic (exact) mass is 406 g/mol. The summed E-state index contributed by atoms with van der Waals surface area (Å²) in [6, 6.07) is 5.53. The van der Waals surface area contributed by atoms with E-state index in [-0.39, 0.29) is 11.7 Å². The molecule has 0 bridgehead atoms. The van der Waals surface area contributed by atoms with Crippen molar-refractivity contribution in [1.82, 2.24) is 25.2 Å². The van der Waals surface area contributed by atoms with Crippen LogP contribution in [-0.4, -0.2) is 64.2 Å². The molecule has 0 aromatic carbocycles. The van der Waals surface area contributed by atoms with Gasteiger partial charge >= 0.3 is 0 Å². The Morgan fingerprint density at radius 1 is 1.22 bits per heavy atom. The Morgan fingerprint density at radius 3 is 2.67 bits per heavy atom. The summed E-state index contributed by atoms with van der Waals surface area (Å²) >= 11 is 7.47. The van der Waals surface area contributed by atoms with Crippen molar-refractivity contribution in [1.29, 1.82) is 0 Å². The molecule has 1 aliphatic heterocycles. The molecule has 7 nitrogen and oxygen atoms in total. The number of pyridine rings is 1. The smallest absolute Gasteiger partial charge is 0.230 e. The molecule has 1 aliphatic rings. The standard InChI is InChI=1S/C18H23ClN6OS/c1-2-24-7-9-25(10-8-24)16-11-15(19)22-18(23-16)27-13-17(26)21-12-14-3-5-20-6-4-14/h3-6,11H,2,7-10,12-13H2,1H3,(H,21,26). The minimum Gasteiger partial charge on any atom is -0.354 e. The van der Waals surface area contributed by atoms with Crippen LogP contribution in [-0.2, 0) is 11.3 Å². The minimum absolute atomic E-state index is 0.0708. The van der Waals surface area contributed by atoms with E-state index in [1.54, 1.807) is 18.5 Å². The number of piperazine rings is 1. The van der Waals surface area contributed by atoms with Gasteiger partial charge in [-0.2, -0.15) is 0 Å². The molecule has 1 N–H and O–H groups in total. The van der Waals surface area contributed by atoms with Gasteiger partial charge in [-0.05, 0) is 24.2 Å². The molecule has 3 heterocycles. The van der Waals surface area contributed by atoms with E-state index in [1.165, 1.54) is 11.8 Å². The Bertz CT molecular complexity index is 755. The highest BCUT2D eigenvalue weighted by atomic mass is 35.5. The molecule has 1 fully saturated rings. The van der Waals surface area contributed by atoms with Gasteiger partial charge in [-0.25, -0.2) is 9.97 Å². The molecular formula is C18H23ClN6OS. The van der Waals surface area contributed by atoms with Crippen LogP contribution in [0.25, 0.3) is 0 Å². The largest absolute Gasteiger partial charge is 0.354 e. The molecule has 2 aromatic heterocycles. The number of carbonyl (C=O) groups is 1. The molecule has 0 radical (unpaired) electrons. The van der Waals surface area contributed by atoms with Crippen molar-refractivity contribution in [2.45, 2.75) is 18.6 Å². The van der Waals surface area contributed by atoms with E-state index in [1.807, 2.05) is 12.1 Å². The Hall–Kier alpha value is -1.90. The molecule has 9 heteroatoms. The number of amides is 1. The van der Waals surface area contributed by atoms with Crippen LogP contribution in [0.15, 0.2) is 35.7 Å². The molecule has 0 aliphatic carbocycles.